The second kappa shape index (κ2) is 4.90. The molecule has 0 fully saturated rings. The van der Waals surface area contributed by atoms with Crippen molar-refractivity contribution in [2.24, 2.45) is 5.73 Å². The van der Waals surface area contributed by atoms with Crippen LogP contribution in [0, 0.1) is 0 Å². The Balaban J connectivity index is 3.29. The smallest absolute Gasteiger partial charge is 0.335 e. The SMILES string of the molecule is COC(=O)C1=CC=C(I)C(=S(=O)=O)C1N. The Bertz CT molecular complexity index is 481. The maximum Gasteiger partial charge on any atom is 0.335 e. The third-order valence-electron chi connectivity index (χ3n) is 1.86. The molecule has 0 radical (unpaired) electrons. The largest absolute Gasteiger partial charge is 0.466 e. The fraction of sp³-hybridized carbons (Fsp3) is 0.250. The summed E-state index contributed by atoms with van der Waals surface area (Å²) in [6.45, 7) is 0. The summed E-state index contributed by atoms with van der Waals surface area (Å²) >= 11 is 1.85. The number of carbonyl (C=O) groups is 1. The molecule has 5 nitrogen and oxygen atoms in total. The number of hydrogen-bond acceptors (Lipinski definition) is 5. The van der Waals surface area contributed by atoms with Crippen LogP contribution < -0.4 is 5.73 Å². The van der Waals surface area contributed by atoms with Crippen molar-refractivity contribution in [3.63, 3.8) is 0 Å². The van der Waals surface area contributed by atoms with Crippen LogP contribution in [0.15, 0.2) is 21.3 Å². The highest BCUT2D eigenvalue weighted by atomic mass is 127. The minimum absolute atomic E-state index is 0.0125. The van der Waals surface area contributed by atoms with E-state index in [4.69, 9.17) is 5.73 Å². The molecule has 1 unspecified atom stereocenters. The van der Waals surface area contributed by atoms with Crippen LogP contribution in [0.2, 0.25) is 0 Å². The first-order chi connectivity index (χ1) is 6.99. The van der Waals surface area contributed by atoms with Gasteiger partial charge in [-0.15, -0.1) is 0 Å². The van der Waals surface area contributed by atoms with Gasteiger partial charge in [-0.2, -0.15) is 8.42 Å². The van der Waals surface area contributed by atoms with Crippen LogP contribution in [0.25, 0.3) is 0 Å². The maximum atomic E-state index is 11.2. The Morgan fingerprint density at radius 1 is 1.53 bits per heavy atom. The molecule has 0 saturated carbocycles. The molecular weight excluding hydrogens is 333 g/mol. The van der Waals surface area contributed by atoms with Gasteiger partial charge < -0.3 is 10.5 Å². The van der Waals surface area contributed by atoms with E-state index in [-0.39, 0.29) is 10.4 Å². The lowest BCUT2D eigenvalue weighted by atomic mass is 10.00. The zero-order chi connectivity index (χ0) is 11.6. The summed E-state index contributed by atoms with van der Waals surface area (Å²) in [4.78, 5) is 11.2. The fourth-order valence-corrected chi connectivity index (χ4v) is 2.75. The Morgan fingerprint density at radius 3 is 2.60 bits per heavy atom. The van der Waals surface area contributed by atoms with Crippen molar-refractivity contribution in [1.82, 2.24) is 0 Å². The quantitative estimate of drug-likeness (QED) is 0.405. The van der Waals surface area contributed by atoms with Crippen LogP contribution in [0.5, 0.6) is 0 Å². The van der Waals surface area contributed by atoms with Gasteiger partial charge >= 0.3 is 5.97 Å². The summed E-state index contributed by atoms with van der Waals surface area (Å²) in [5.41, 5.74) is 5.78. The van der Waals surface area contributed by atoms with Crippen molar-refractivity contribution in [2.45, 2.75) is 6.04 Å². The number of methoxy groups -OCH3 is 1. The molecule has 0 saturated heterocycles. The van der Waals surface area contributed by atoms with E-state index < -0.39 is 22.3 Å². The van der Waals surface area contributed by atoms with E-state index in [1.807, 2.05) is 22.6 Å². The lowest BCUT2D eigenvalue weighted by Crippen LogP contribution is -2.38. The summed E-state index contributed by atoms with van der Waals surface area (Å²) in [6, 6.07) is -0.951. The molecule has 82 valence electrons. The standard InChI is InChI=1S/C8H8INO4S/c1-14-8(11)4-2-3-5(9)7(6(4)10)15(12)13/h2-3,6H,10H2,1H3. The number of hydrogen-bond donors (Lipinski definition) is 1. The normalized spacial score (nSPS) is 20.5. The van der Waals surface area contributed by atoms with E-state index in [1.165, 1.54) is 19.3 Å². The minimum Gasteiger partial charge on any atom is -0.466 e. The van der Waals surface area contributed by atoms with Gasteiger partial charge in [-0.3, -0.25) is 0 Å². The number of allylic oxidation sites excluding steroid dienone is 2. The molecule has 1 aliphatic carbocycles. The first-order valence-electron chi connectivity index (χ1n) is 3.86. The fourth-order valence-electron chi connectivity index (χ4n) is 1.13. The van der Waals surface area contributed by atoms with E-state index in [0.717, 1.165) is 0 Å². The summed E-state index contributed by atoms with van der Waals surface area (Å²) in [5, 5.41) is 0. The van der Waals surface area contributed by atoms with Crippen LogP contribution >= 0.6 is 22.6 Å². The highest BCUT2D eigenvalue weighted by Gasteiger charge is 2.28. The van der Waals surface area contributed by atoms with Crippen molar-refractivity contribution >= 4 is 43.7 Å². The van der Waals surface area contributed by atoms with Gasteiger partial charge in [0.1, 0.15) is 4.86 Å². The number of carbonyl (C=O) groups excluding carboxylic acids is 1. The number of halogens is 1. The lowest BCUT2D eigenvalue weighted by molar-refractivity contribution is -0.136. The summed E-state index contributed by atoms with van der Waals surface area (Å²) < 4.78 is 26.8. The second-order valence-corrected chi connectivity index (χ2v) is 4.78. The van der Waals surface area contributed by atoms with Crippen LogP contribution in [-0.4, -0.2) is 32.4 Å². The number of nitrogens with two attached hydrogens (primary N) is 1. The molecule has 0 aliphatic heterocycles. The number of ether oxygens (including phenoxy) is 1. The average molecular weight is 341 g/mol. The van der Waals surface area contributed by atoms with Crippen molar-refractivity contribution < 1.29 is 17.9 Å². The summed E-state index contributed by atoms with van der Waals surface area (Å²) in [5.74, 6) is -0.620. The molecule has 0 aromatic heterocycles. The van der Waals surface area contributed by atoms with Crippen LogP contribution in [-0.2, 0) is 19.8 Å². The molecule has 1 aliphatic rings. The van der Waals surface area contributed by atoms with Gasteiger partial charge in [0.15, 0.2) is 0 Å². The minimum atomic E-state index is -2.43. The van der Waals surface area contributed by atoms with Gasteiger partial charge in [0, 0.05) is 3.58 Å². The van der Waals surface area contributed by atoms with E-state index in [1.54, 1.807) is 0 Å². The average Bonchev–Trinajstić information content (AvgIpc) is 2.16. The highest BCUT2D eigenvalue weighted by Crippen LogP contribution is 2.20. The van der Waals surface area contributed by atoms with E-state index in [2.05, 4.69) is 4.74 Å². The zero-order valence-corrected chi connectivity index (χ0v) is 10.7. The Morgan fingerprint density at radius 2 is 2.13 bits per heavy atom. The highest BCUT2D eigenvalue weighted by molar-refractivity contribution is 14.1. The summed E-state index contributed by atoms with van der Waals surface area (Å²) in [7, 11) is -1.22. The van der Waals surface area contributed by atoms with Gasteiger partial charge in [0.05, 0.1) is 18.7 Å². The number of esters is 1. The molecule has 15 heavy (non-hydrogen) atoms. The predicted octanol–water partition coefficient (Wildman–Crippen LogP) is -0.203. The van der Waals surface area contributed by atoms with Crippen LogP contribution in [0.4, 0.5) is 0 Å². The van der Waals surface area contributed by atoms with Crippen molar-refractivity contribution in [3.05, 3.63) is 21.3 Å². The molecule has 0 heterocycles. The molecule has 1 atom stereocenters. The van der Waals surface area contributed by atoms with Crippen molar-refractivity contribution in [1.29, 1.82) is 0 Å². The Hall–Kier alpha value is -0.670. The van der Waals surface area contributed by atoms with Gasteiger partial charge in [-0.1, -0.05) is 0 Å². The predicted molar refractivity (Wildman–Crippen MR) is 64.1 cm³/mol. The third kappa shape index (κ3) is 2.47. The van der Waals surface area contributed by atoms with Gasteiger partial charge in [0.25, 0.3) is 0 Å². The van der Waals surface area contributed by atoms with Crippen LogP contribution in [0.1, 0.15) is 0 Å². The Kier molecular flexibility index (Phi) is 4.05. The van der Waals surface area contributed by atoms with Crippen molar-refractivity contribution in [2.75, 3.05) is 7.11 Å². The second-order valence-electron chi connectivity index (χ2n) is 2.70. The maximum absolute atomic E-state index is 11.2. The molecule has 2 N–H and O–H groups in total. The van der Waals surface area contributed by atoms with Crippen molar-refractivity contribution in [3.8, 4) is 0 Å². The molecule has 1 rings (SSSR count). The molecule has 0 spiro atoms. The first-order valence-corrected chi connectivity index (χ1v) is 6.02. The molecule has 0 bridgehead atoms. The van der Waals surface area contributed by atoms with E-state index >= 15 is 0 Å². The monoisotopic (exact) mass is 341 g/mol. The molecule has 0 aromatic rings. The topological polar surface area (TPSA) is 86.5 Å². The first kappa shape index (κ1) is 12.4. The zero-order valence-electron chi connectivity index (χ0n) is 7.73. The molecule has 0 aromatic carbocycles. The van der Waals surface area contributed by atoms with Gasteiger partial charge in [0.2, 0.25) is 10.3 Å². The summed E-state index contributed by atoms with van der Waals surface area (Å²) in [6.07, 6.45) is 2.98. The van der Waals surface area contributed by atoms with Gasteiger partial charge in [-0.25, -0.2) is 4.79 Å². The molecular formula is C8H8INO4S. The van der Waals surface area contributed by atoms with Crippen LogP contribution in [0.3, 0.4) is 0 Å². The third-order valence-corrected chi connectivity index (χ3v) is 4.00. The number of rotatable bonds is 1. The molecule has 7 heteroatoms. The van der Waals surface area contributed by atoms with Gasteiger partial charge in [-0.05, 0) is 34.7 Å². The lowest BCUT2D eigenvalue weighted by Gasteiger charge is -2.17. The van der Waals surface area contributed by atoms with E-state index in [9.17, 15) is 13.2 Å². The van der Waals surface area contributed by atoms with E-state index in [0.29, 0.717) is 3.58 Å². The Labute approximate surface area is 102 Å². The molecule has 0 amide bonds.